The van der Waals surface area contributed by atoms with Crippen LogP contribution in [0.5, 0.6) is 0 Å². The van der Waals surface area contributed by atoms with Crippen LogP contribution in [0, 0.1) is 6.92 Å². The van der Waals surface area contributed by atoms with Gasteiger partial charge in [0.1, 0.15) is 0 Å². The van der Waals surface area contributed by atoms with E-state index in [1.54, 1.807) is 19.9 Å². The van der Waals surface area contributed by atoms with E-state index in [9.17, 15) is 14.4 Å². The monoisotopic (exact) mass is 334 g/mol. The molecule has 6 heteroatoms. The summed E-state index contributed by atoms with van der Waals surface area (Å²) in [4.78, 5) is 37.2. The maximum Gasteiger partial charge on any atom is 0.325 e. The average Bonchev–Trinajstić information content (AvgIpc) is 2.53. The van der Waals surface area contributed by atoms with E-state index in [2.05, 4.69) is 9.97 Å². The minimum Gasteiger partial charge on any atom is -0.314 e. The molecule has 0 atom stereocenters. The minimum absolute atomic E-state index is 0.0646. The molecule has 2 aromatic rings. The second-order valence-electron chi connectivity index (χ2n) is 4.41. The molecule has 1 aromatic carbocycles. The number of Topliss-reactive ketones (excluding diaryl/α,β-unsaturated/α-hetero) is 1. The largest absolute Gasteiger partial charge is 0.325 e. The van der Waals surface area contributed by atoms with E-state index in [-0.39, 0.29) is 11.3 Å². The Morgan fingerprint density at radius 2 is 1.57 bits per heavy atom. The van der Waals surface area contributed by atoms with Crippen LogP contribution in [0.3, 0.4) is 0 Å². The molecule has 0 aliphatic heterocycles. The molecule has 0 radical (unpaired) electrons. The van der Waals surface area contributed by atoms with E-state index >= 15 is 0 Å². The van der Waals surface area contributed by atoms with E-state index in [4.69, 9.17) is 12.2 Å². The first-order chi connectivity index (χ1) is 10.8. The third kappa shape index (κ3) is 6.97. The van der Waals surface area contributed by atoms with Gasteiger partial charge in [-0.3, -0.25) is 14.6 Å². The molecule has 0 spiro atoms. The van der Waals surface area contributed by atoms with Gasteiger partial charge in [-0.15, -0.1) is 0 Å². The topological polar surface area (TPSA) is 82.8 Å². The lowest BCUT2D eigenvalue weighted by Gasteiger charge is -2.03. The summed E-state index contributed by atoms with van der Waals surface area (Å²) in [7, 11) is 0. The van der Waals surface area contributed by atoms with Crippen molar-refractivity contribution in [1.29, 1.82) is 0 Å². The number of carbonyl (C=O) groups excluding carboxylic acids is 1. The highest BCUT2D eigenvalue weighted by atomic mass is 32.1. The normalized spacial score (nSPS) is 8.91. The standard InChI is InChI=1S/C10H10OS.C5H6N2O2.C2H6/c1-7(11)9-5-3-4-6-10(9)8(2)12;1-3-2-6-5(9)7-4(3)8;1-2/h3-6H,1-2H3;2H,1H3,(H2,6,7,8,9);1-2H3. The van der Waals surface area contributed by atoms with Crippen molar-refractivity contribution in [3.05, 3.63) is 68.0 Å². The van der Waals surface area contributed by atoms with Gasteiger partial charge in [0.2, 0.25) is 0 Å². The highest BCUT2D eigenvalue weighted by Gasteiger charge is 2.06. The predicted octanol–water partition coefficient (Wildman–Crippen LogP) is 3.02. The van der Waals surface area contributed by atoms with Crippen molar-refractivity contribution in [1.82, 2.24) is 9.97 Å². The van der Waals surface area contributed by atoms with Crippen molar-refractivity contribution in [3.63, 3.8) is 0 Å². The molecule has 23 heavy (non-hydrogen) atoms. The van der Waals surface area contributed by atoms with Crippen LogP contribution in [-0.2, 0) is 0 Å². The maximum atomic E-state index is 11.1. The number of rotatable bonds is 2. The van der Waals surface area contributed by atoms with E-state index in [1.807, 2.05) is 39.0 Å². The van der Waals surface area contributed by atoms with Gasteiger partial charge in [-0.25, -0.2) is 4.79 Å². The van der Waals surface area contributed by atoms with Gasteiger partial charge in [-0.05, 0) is 26.3 Å². The molecule has 2 rings (SSSR count). The van der Waals surface area contributed by atoms with Gasteiger partial charge in [0.05, 0.1) is 0 Å². The van der Waals surface area contributed by atoms with Crippen LogP contribution in [-0.4, -0.2) is 20.6 Å². The average molecular weight is 334 g/mol. The van der Waals surface area contributed by atoms with Crippen LogP contribution in [0.2, 0.25) is 0 Å². The van der Waals surface area contributed by atoms with Crippen molar-refractivity contribution < 1.29 is 4.79 Å². The van der Waals surface area contributed by atoms with Gasteiger partial charge in [-0.1, -0.05) is 50.3 Å². The summed E-state index contributed by atoms with van der Waals surface area (Å²) in [5, 5.41) is 0. The lowest BCUT2D eigenvalue weighted by Crippen LogP contribution is -2.22. The summed E-state index contributed by atoms with van der Waals surface area (Å²) >= 11 is 5.02. The van der Waals surface area contributed by atoms with Crippen LogP contribution in [0.25, 0.3) is 0 Å². The van der Waals surface area contributed by atoms with Crippen LogP contribution in [0.1, 0.15) is 49.2 Å². The first-order valence-corrected chi connectivity index (χ1v) is 7.63. The highest BCUT2D eigenvalue weighted by molar-refractivity contribution is 7.80. The molecule has 0 bridgehead atoms. The third-order valence-electron chi connectivity index (χ3n) is 2.69. The molecule has 0 unspecified atom stereocenters. The number of H-pyrrole nitrogens is 2. The summed E-state index contributed by atoms with van der Waals surface area (Å²) in [5.74, 6) is 0.0646. The SMILES string of the molecule is CC.CC(=O)c1ccccc1C(C)=S.Cc1c[nH]c(=O)[nH]c1=O. The minimum atomic E-state index is -0.467. The molecule has 0 saturated carbocycles. The van der Waals surface area contributed by atoms with Crippen molar-refractivity contribution in [2.24, 2.45) is 0 Å². The fourth-order valence-electron chi connectivity index (χ4n) is 1.57. The van der Waals surface area contributed by atoms with Crippen molar-refractivity contribution >= 4 is 22.9 Å². The molecule has 1 aromatic heterocycles. The van der Waals surface area contributed by atoms with Crippen LogP contribution in [0.4, 0.5) is 0 Å². The molecule has 5 nitrogen and oxygen atoms in total. The zero-order valence-electron chi connectivity index (χ0n) is 14.0. The molecule has 0 aliphatic carbocycles. The molecule has 0 saturated heterocycles. The summed E-state index contributed by atoms with van der Waals surface area (Å²) < 4.78 is 0. The summed E-state index contributed by atoms with van der Waals surface area (Å²) in [5.41, 5.74) is 1.30. The number of ketones is 1. The Kier molecular flexibility index (Phi) is 9.34. The summed E-state index contributed by atoms with van der Waals surface area (Å²) in [6.07, 6.45) is 1.38. The Bertz CT molecular complexity index is 743. The van der Waals surface area contributed by atoms with Gasteiger partial charge >= 0.3 is 5.69 Å². The number of aromatic nitrogens is 2. The van der Waals surface area contributed by atoms with Gasteiger partial charge in [0, 0.05) is 22.2 Å². The quantitative estimate of drug-likeness (QED) is 0.653. The number of aromatic amines is 2. The first-order valence-electron chi connectivity index (χ1n) is 7.22. The fraction of sp³-hybridized carbons (Fsp3) is 0.294. The Hall–Kier alpha value is -2.34. The van der Waals surface area contributed by atoms with Gasteiger partial charge < -0.3 is 4.98 Å². The second kappa shape index (κ2) is 10.4. The number of hydrogen-bond acceptors (Lipinski definition) is 4. The number of nitrogens with one attached hydrogen (secondary N) is 2. The number of aryl methyl sites for hydroxylation is 1. The molecule has 124 valence electrons. The molecule has 2 N–H and O–H groups in total. The maximum absolute atomic E-state index is 11.1. The number of carbonyl (C=O) groups is 1. The van der Waals surface area contributed by atoms with Crippen molar-refractivity contribution in [2.45, 2.75) is 34.6 Å². The van der Waals surface area contributed by atoms with E-state index in [0.717, 1.165) is 10.4 Å². The zero-order valence-corrected chi connectivity index (χ0v) is 14.8. The zero-order chi connectivity index (χ0) is 18.0. The smallest absolute Gasteiger partial charge is 0.314 e. The molecular weight excluding hydrogens is 312 g/mol. The second-order valence-corrected chi connectivity index (χ2v) is 5.03. The van der Waals surface area contributed by atoms with Gasteiger partial charge in [-0.2, -0.15) is 0 Å². The molecule has 0 amide bonds. The van der Waals surface area contributed by atoms with Crippen LogP contribution in [0.15, 0.2) is 40.1 Å². The summed E-state index contributed by atoms with van der Waals surface area (Å²) in [6, 6.07) is 7.41. The van der Waals surface area contributed by atoms with E-state index in [1.165, 1.54) is 6.20 Å². The lowest BCUT2D eigenvalue weighted by atomic mass is 10.0. The number of thiocarbonyl (C=S) groups is 1. The fourth-order valence-corrected chi connectivity index (χ4v) is 1.75. The van der Waals surface area contributed by atoms with E-state index < -0.39 is 5.69 Å². The number of hydrogen-bond donors (Lipinski definition) is 2. The Morgan fingerprint density at radius 1 is 1.04 bits per heavy atom. The van der Waals surface area contributed by atoms with Crippen LogP contribution >= 0.6 is 12.2 Å². The molecule has 0 fully saturated rings. The Morgan fingerprint density at radius 3 is 1.91 bits per heavy atom. The predicted molar refractivity (Wildman–Crippen MR) is 97.6 cm³/mol. The highest BCUT2D eigenvalue weighted by Crippen LogP contribution is 2.10. The summed E-state index contributed by atoms with van der Waals surface area (Å²) in [6.45, 7) is 9.00. The number of benzene rings is 1. The third-order valence-corrected chi connectivity index (χ3v) is 2.91. The first kappa shape index (κ1) is 20.7. The lowest BCUT2D eigenvalue weighted by molar-refractivity contribution is 0.101. The molecular formula is C17H22N2O3S. The van der Waals surface area contributed by atoms with Gasteiger partial charge in [0.25, 0.3) is 5.56 Å². The Balaban J connectivity index is 0.000000392. The molecule has 1 heterocycles. The van der Waals surface area contributed by atoms with Crippen LogP contribution < -0.4 is 11.2 Å². The van der Waals surface area contributed by atoms with E-state index in [0.29, 0.717) is 11.1 Å². The molecule has 0 aliphatic rings. The van der Waals surface area contributed by atoms with Crippen molar-refractivity contribution in [2.75, 3.05) is 0 Å². The van der Waals surface area contributed by atoms with Crippen molar-refractivity contribution in [3.8, 4) is 0 Å². The Labute approximate surface area is 140 Å². The van der Waals surface area contributed by atoms with Gasteiger partial charge in [0.15, 0.2) is 5.78 Å².